The number of alkyl halides is 1. The lowest BCUT2D eigenvalue weighted by atomic mass is 9.91. The van der Waals surface area contributed by atoms with Crippen LogP contribution in [0.5, 0.6) is 0 Å². The average molecular weight is 157 g/mol. The Labute approximate surface area is 67.6 Å². The average Bonchev–Trinajstić information content (AvgIpc) is 1.90. The molecule has 2 aliphatic rings. The van der Waals surface area contributed by atoms with Gasteiger partial charge in [0.05, 0.1) is 0 Å². The van der Waals surface area contributed by atoms with E-state index in [9.17, 15) is 4.39 Å². The van der Waals surface area contributed by atoms with Crippen molar-refractivity contribution in [2.45, 2.75) is 44.3 Å². The van der Waals surface area contributed by atoms with Crippen molar-refractivity contribution in [3.63, 3.8) is 0 Å². The summed E-state index contributed by atoms with van der Waals surface area (Å²) < 4.78 is 13.3. The van der Waals surface area contributed by atoms with Gasteiger partial charge in [0.1, 0.15) is 6.17 Å². The Kier molecular flexibility index (Phi) is 2.12. The van der Waals surface area contributed by atoms with Crippen molar-refractivity contribution < 1.29 is 4.39 Å². The maximum atomic E-state index is 13.3. The highest BCUT2D eigenvalue weighted by atomic mass is 19.1. The molecule has 1 saturated heterocycles. The molecule has 1 nitrogen and oxygen atoms in total. The minimum Gasteiger partial charge on any atom is -0.297 e. The van der Waals surface area contributed by atoms with Gasteiger partial charge in [-0.1, -0.05) is 12.8 Å². The van der Waals surface area contributed by atoms with Crippen LogP contribution in [0.4, 0.5) is 4.39 Å². The molecule has 1 aliphatic carbocycles. The van der Waals surface area contributed by atoms with Gasteiger partial charge in [-0.2, -0.15) is 0 Å². The van der Waals surface area contributed by atoms with Crippen LogP contribution >= 0.6 is 0 Å². The highest BCUT2D eigenvalue weighted by molar-refractivity contribution is 4.86. The van der Waals surface area contributed by atoms with Crippen molar-refractivity contribution in [1.29, 1.82) is 0 Å². The Morgan fingerprint density at radius 1 is 1.00 bits per heavy atom. The first kappa shape index (κ1) is 7.53. The first-order valence-corrected chi connectivity index (χ1v) is 4.76. The number of rotatable bonds is 1. The summed E-state index contributed by atoms with van der Waals surface area (Å²) in [5.41, 5.74) is 0. The van der Waals surface area contributed by atoms with Crippen molar-refractivity contribution in [2.24, 2.45) is 0 Å². The molecule has 2 rings (SSSR count). The van der Waals surface area contributed by atoms with Crippen LogP contribution in [0, 0.1) is 0 Å². The second-order valence-electron chi connectivity index (χ2n) is 3.76. The molecule has 64 valence electrons. The molecule has 2 heteroatoms. The number of nitrogens with zero attached hydrogens (tertiary/aromatic N) is 1. The Balaban J connectivity index is 1.88. The second kappa shape index (κ2) is 3.10. The van der Waals surface area contributed by atoms with Crippen LogP contribution in [-0.4, -0.2) is 30.2 Å². The lowest BCUT2D eigenvalue weighted by Gasteiger charge is -2.41. The Morgan fingerprint density at radius 2 is 1.73 bits per heavy atom. The van der Waals surface area contributed by atoms with Crippen LogP contribution in [0.15, 0.2) is 0 Å². The fourth-order valence-electron chi connectivity index (χ4n) is 2.15. The summed E-state index contributed by atoms with van der Waals surface area (Å²) in [5.74, 6) is 0. The molecule has 11 heavy (non-hydrogen) atoms. The monoisotopic (exact) mass is 157 g/mol. The van der Waals surface area contributed by atoms with Gasteiger partial charge in [0, 0.05) is 6.04 Å². The molecule has 2 fully saturated rings. The molecule has 0 bridgehead atoms. The maximum absolute atomic E-state index is 13.3. The van der Waals surface area contributed by atoms with E-state index < -0.39 is 6.17 Å². The zero-order valence-electron chi connectivity index (χ0n) is 6.93. The summed E-state index contributed by atoms with van der Waals surface area (Å²) >= 11 is 0. The van der Waals surface area contributed by atoms with E-state index in [1.54, 1.807) is 0 Å². The van der Waals surface area contributed by atoms with Crippen molar-refractivity contribution in [2.75, 3.05) is 13.1 Å². The summed E-state index contributed by atoms with van der Waals surface area (Å²) in [6, 6.07) is 0.289. The van der Waals surface area contributed by atoms with Crippen LogP contribution in [0.25, 0.3) is 0 Å². The molecule has 0 aromatic rings. The van der Waals surface area contributed by atoms with E-state index >= 15 is 0 Å². The zero-order valence-corrected chi connectivity index (χ0v) is 6.93. The van der Waals surface area contributed by atoms with Crippen LogP contribution in [0.3, 0.4) is 0 Å². The van der Waals surface area contributed by atoms with Crippen molar-refractivity contribution >= 4 is 0 Å². The van der Waals surface area contributed by atoms with E-state index in [0.717, 1.165) is 32.4 Å². The summed E-state index contributed by atoms with van der Waals surface area (Å²) in [4.78, 5) is 2.31. The quantitative estimate of drug-likeness (QED) is 0.562. The molecule has 0 radical (unpaired) electrons. The first-order chi connectivity index (χ1) is 5.38. The maximum Gasteiger partial charge on any atom is 0.116 e. The standard InChI is InChI=1S/C9H16FN/c10-8-4-1-2-5-9(8)11-6-3-7-11/h8-9H,1-7H2. The van der Waals surface area contributed by atoms with Gasteiger partial charge in [-0.25, -0.2) is 4.39 Å². The van der Waals surface area contributed by atoms with Gasteiger partial charge < -0.3 is 0 Å². The first-order valence-electron chi connectivity index (χ1n) is 4.76. The molecular formula is C9H16FN. The molecule has 1 heterocycles. The molecular weight excluding hydrogens is 141 g/mol. The number of halogens is 1. The largest absolute Gasteiger partial charge is 0.297 e. The van der Waals surface area contributed by atoms with Crippen LogP contribution in [-0.2, 0) is 0 Å². The van der Waals surface area contributed by atoms with E-state index in [2.05, 4.69) is 4.90 Å². The summed E-state index contributed by atoms with van der Waals surface area (Å²) in [5, 5.41) is 0. The Hall–Kier alpha value is -0.110. The topological polar surface area (TPSA) is 3.24 Å². The normalized spacial score (nSPS) is 40.1. The van der Waals surface area contributed by atoms with Crippen molar-refractivity contribution in [1.82, 2.24) is 4.90 Å². The van der Waals surface area contributed by atoms with E-state index in [1.807, 2.05) is 0 Å². The summed E-state index contributed by atoms with van der Waals surface area (Å²) in [6.45, 7) is 2.29. The van der Waals surface area contributed by atoms with Crippen molar-refractivity contribution in [3.05, 3.63) is 0 Å². The van der Waals surface area contributed by atoms with E-state index in [1.165, 1.54) is 12.8 Å². The smallest absolute Gasteiger partial charge is 0.116 e. The molecule has 0 spiro atoms. The SMILES string of the molecule is FC1CCCCC1N1CCC1. The number of hydrogen-bond donors (Lipinski definition) is 0. The summed E-state index contributed by atoms with van der Waals surface area (Å²) in [6.07, 6.45) is 5.00. The highest BCUT2D eigenvalue weighted by Crippen LogP contribution is 2.28. The van der Waals surface area contributed by atoms with Gasteiger partial charge in [-0.3, -0.25) is 4.90 Å². The Bertz CT molecular complexity index is 132. The van der Waals surface area contributed by atoms with Gasteiger partial charge in [-0.15, -0.1) is 0 Å². The van der Waals surface area contributed by atoms with E-state index in [4.69, 9.17) is 0 Å². The van der Waals surface area contributed by atoms with Crippen molar-refractivity contribution in [3.8, 4) is 0 Å². The third kappa shape index (κ3) is 1.41. The molecule has 0 amide bonds. The molecule has 0 N–H and O–H groups in total. The molecule has 1 aliphatic heterocycles. The number of hydrogen-bond acceptors (Lipinski definition) is 1. The third-order valence-corrected chi connectivity index (χ3v) is 3.01. The van der Waals surface area contributed by atoms with Gasteiger partial charge in [0.25, 0.3) is 0 Å². The van der Waals surface area contributed by atoms with Crippen LogP contribution in [0.1, 0.15) is 32.1 Å². The van der Waals surface area contributed by atoms with E-state index in [-0.39, 0.29) is 6.04 Å². The van der Waals surface area contributed by atoms with Crippen LogP contribution < -0.4 is 0 Å². The highest BCUT2D eigenvalue weighted by Gasteiger charge is 2.32. The molecule has 1 saturated carbocycles. The predicted octanol–water partition coefficient (Wildman–Crippen LogP) is 1.97. The third-order valence-electron chi connectivity index (χ3n) is 3.01. The zero-order chi connectivity index (χ0) is 7.68. The minimum atomic E-state index is -0.524. The van der Waals surface area contributed by atoms with E-state index in [0.29, 0.717) is 0 Å². The predicted molar refractivity (Wildman–Crippen MR) is 43.3 cm³/mol. The summed E-state index contributed by atoms with van der Waals surface area (Å²) in [7, 11) is 0. The van der Waals surface area contributed by atoms with Gasteiger partial charge in [0.2, 0.25) is 0 Å². The second-order valence-corrected chi connectivity index (χ2v) is 3.76. The molecule has 2 atom stereocenters. The van der Waals surface area contributed by atoms with Gasteiger partial charge in [-0.05, 0) is 32.4 Å². The fourth-order valence-corrected chi connectivity index (χ4v) is 2.15. The van der Waals surface area contributed by atoms with Crippen LogP contribution in [0.2, 0.25) is 0 Å². The lowest BCUT2D eigenvalue weighted by molar-refractivity contribution is 0.0336. The minimum absolute atomic E-state index is 0.289. The molecule has 2 unspecified atom stereocenters. The molecule has 0 aromatic heterocycles. The number of likely N-dealkylation sites (tertiary alicyclic amines) is 1. The van der Waals surface area contributed by atoms with Gasteiger partial charge in [0.15, 0.2) is 0 Å². The Morgan fingerprint density at radius 3 is 2.27 bits per heavy atom. The lowest BCUT2D eigenvalue weighted by Crippen LogP contribution is -2.50. The van der Waals surface area contributed by atoms with Gasteiger partial charge >= 0.3 is 0 Å². The molecule has 0 aromatic carbocycles. The fraction of sp³-hybridized carbons (Fsp3) is 1.00.